The number of esters is 1. The molecule has 1 unspecified atom stereocenters. The molecule has 0 fully saturated rings. The van der Waals surface area contributed by atoms with Gasteiger partial charge in [0.1, 0.15) is 28.9 Å². The summed E-state index contributed by atoms with van der Waals surface area (Å²) in [5.41, 5.74) is 9.78. The number of nitriles is 1. The molecule has 1 atom stereocenters. The molecule has 0 saturated heterocycles. The molecular weight excluding hydrogens is 440 g/mol. The molecule has 0 amide bonds. The number of unbranched alkanes of at least 4 members (excludes halogenated alkanes) is 1. The first-order valence-corrected chi connectivity index (χ1v) is 11.8. The first-order chi connectivity index (χ1) is 17.0. The summed E-state index contributed by atoms with van der Waals surface area (Å²) in [5.74, 6) is 0.573. The number of carbonyl (C=O) groups excluding carboxylic acids is 1. The van der Waals surface area contributed by atoms with E-state index < -0.39 is 5.97 Å². The van der Waals surface area contributed by atoms with E-state index >= 15 is 0 Å². The van der Waals surface area contributed by atoms with Crippen LogP contribution in [0.1, 0.15) is 59.7 Å². The molecule has 0 bridgehead atoms. The lowest BCUT2D eigenvalue weighted by Crippen LogP contribution is -2.21. The van der Waals surface area contributed by atoms with Gasteiger partial charge in [-0.2, -0.15) is 5.26 Å². The van der Waals surface area contributed by atoms with Crippen LogP contribution in [0.15, 0.2) is 78.2 Å². The number of aryl methyl sites for hydroxylation is 1. The second-order valence-electron chi connectivity index (χ2n) is 8.34. The van der Waals surface area contributed by atoms with Crippen LogP contribution < -0.4 is 19.9 Å². The molecule has 0 aromatic heterocycles. The Morgan fingerprint density at radius 2 is 1.86 bits per heavy atom. The highest BCUT2D eigenvalue weighted by molar-refractivity contribution is 5.91. The largest absolute Gasteiger partial charge is 0.494 e. The normalized spacial score (nSPS) is 14.5. The summed E-state index contributed by atoms with van der Waals surface area (Å²) in [6.07, 6.45) is 2.90. The smallest absolute Gasteiger partial charge is 0.343 e. The SMILES string of the molecule is CCCCOc1cccc(C(=O)Oc2ccc3c(c2)OC(N)=C(C#N)C3c2ccc(CC)cc2)c1. The minimum atomic E-state index is -0.505. The molecule has 3 aromatic carbocycles. The van der Waals surface area contributed by atoms with Crippen LogP contribution in [0.3, 0.4) is 0 Å². The second kappa shape index (κ2) is 10.8. The Balaban J connectivity index is 1.58. The fourth-order valence-corrected chi connectivity index (χ4v) is 4.00. The maximum absolute atomic E-state index is 12.8. The lowest BCUT2D eigenvalue weighted by Gasteiger charge is -2.26. The molecule has 0 saturated carbocycles. The van der Waals surface area contributed by atoms with E-state index in [1.165, 1.54) is 5.56 Å². The Morgan fingerprint density at radius 1 is 1.06 bits per heavy atom. The van der Waals surface area contributed by atoms with Crippen molar-refractivity contribution in [2.45, 2.75) is 39.0 Å². The first kappa shape index (κ1) is 23.9. The molecule has 6 heteroatoms. The van der Waals surface area contributed by atoms with Crippen LogP contribution in [0.25, 0.3) is 0 Å². The fourth-order valence-electron chi connectivity index (χ4n) is 4.00. The van der Waals surface area contributed by atoms with Crippen LogP contribution in [-0.4, -0.2) is 12.6 Å². The van der Waals surface area contributed by atoms with Crippen LogP contribution in [0.4, 0.5) is 0 Å². The van der Waals surface area contributed by atoms with E-state index in [1.807, 2.05) is 36.4 Å². The van der Waals surface area contributed by atoms with Crippen molar-refractivity contribution >= 4 is 5.97 Å². The van der Waals surface area contributed by atoms with Crippen molar-refractivity contribution in [3.8, 4) is 23.3 Å². The average molecular weight is 469 g/mol. The molecule has 1 aliphatic heterocycles. The van der Waals surface area contributed by atoms with Crippen molar-refractivity contribution in [2.24, 2.45) is 5.73 Å². The Bertz CT molecular complexity index is 1290. The van der Waals surface area contributed by atoms with Crippen LogP contribution in [0.2, 0.25) is 0 Å². The minimum Gasteiger partial charge on any atom is -0.494 e. The Kier molecular flexibility index (Phi) is 7.37. The number of hydrogen-bond donors (Lipinski definition) is 1. The molecule has 0 aliphatic carbocycles. The highest BCUT2D eigenvalue weighted by atomic mass is 16.5. The van der Waals surface area contributed by atoms with Gasteiger partial charge < -0.3 is 19.9 Å². The predicted molar refractivity (Wildman–Crippen MR) is 133 cm³/mol. The number of ether oxygens (including phenoxy) is 3. The average Bonchev–Trinajstić information content (AvgIpc) is 2.88. The van der Waals surface area contributed by atoms with Gasteiger partial charge in [-0.15, -0.1) is 0 Å². The van der Waals surface area contributed by atoms with Crippen LogP contribution in [-0.2, 0) is 6.42 Å². The van der Waals surface area contributed by atoms with Crippen molar-refractivity contribution in [2.75, 3.05) is 6.61 Å². The van der Waals surface area contributed by atoms with Gasteiger partial charge in [0.05, 0.1) is 18.1 Å². The van der Waals surface area contributed by atoms with E-state index in [0.29, 0.717) is 35.0 Å². The Hall–Kier alpha value is -4.24. The third kappa shape index (κ3) is 5.30. The van der Waals surface area contributed by atoms with Crippen LogP contribution >= 0.6 is 0 Å². The third-order valence-corrected chi connectivity index (χ3v) is 5.96. The van der Waals surface area contributed by atoms with Gasteiger partial charge in [0.2, 0.25) is 5.88 Å². The molecule has 35 heavy (non-hydrogen) atoms. The van der Waals surface area contributed by atoms with E-state index in [4.69, 9.17) is 19.9 Å². The zero-order valence-electron chi connectivity index (χ0n) is 19.9. The zero-order chi connectivity index (χ0) is 24.8. The minimum absolute atomic E-state index is 0.0463. The lowest BCUT2D eigenvalue weighted by molar-refractivity contribution is 0.0734. The number of rotatable bonds is 8. The van der Waals surface area contributed by atoms with Gasteiger partial charge in [0.25, 0.3) is 0 Å². The maximum Gasteiger partial charge on any atom is 0.343 e. The number of allylic oxidation sites excluding steroid dienone is 1. The summed E-state index contributed by atoms with van der Waals surface area (Å²) >= 11 is 0. The van der Waals surface area contributed by atoms with Gasteiger partial charge in [-0.3, -0.25) is 0 Å². The maximum atomic E-state index is 12.8. The second-order valence-corrected chi connectivity index (χ2v) is 8.34. The summed E-state index contributed by atoms with van der Waals surface area (Å²) in [6.45, 7) is 4.78. The zero-order valence-corrected chi connectivity index (χ0v) is 19.9. The molecule has 0 spiro atoms. The summed E-state index contributed by atoms with van der Waals surface area (Å²) in [7, 11) is 0. The van der Waals surface area contributed by atoms with E-state index in [0.717, 1.165) is 30.4 Å². The van der Waals surface area contributed by atoms with E-state index in [1.54, 1.807) is 30.3 Å². The Labute approximate surface area is 205 Å². The number of nitrogens with zero attached hydrogens (tertiary/aromatic N) is 1. The van der Waals surface area contributed by atoms with E-state index in [-0.39, 0.29) is 11.8 Å². The van der Waals surface area contributed by atoms with Gasteiger partial charge in [-0.25, -0.2) is 4.79 Å². The van der Waals surface area contributed by atoms with E-state index in [2.05, 4.69) is 19.9 Å². The molecule has 6 nitrogen and oxygen atoms in total. The monoisotopic (exact) mass is 468 g/mol. The molecule has 0 radical (unpaired) electrons. The highest BCUT2D eigenvalue weighted by Gasteiger charge is 2.31. The third-order valence-electron chi connectivity index (χ3n) is 5.96. The van der Waals surface area contributed by atoms with Crippen LogP contribution in [0, 0.1) is 11.3 Å². The summed E-state index contributed by atoms with van der Waals surface area (Å²) < 4.78 is 17.1. The van der Waals surface area contributed by atoms with Gasteiger partial charge in [0, 0.05) is 11.6 Å². The quantitative estimate of drug-likeness (QED) is 0.253. The molecule has 178 valence electrons. The number of fused-ring (bicyclic) bond motifs is 1. The number of benzene rings is 3. The molecule has 4 rings (SSSR count). The van der Waals surface area contributed by atoms with Gasteiger partial charge in [-0.1, -0.05) is 56.7 Å². The van der Waals surface area contributed by atoms with Crippen molar-refractivity contribution in [3.63, 3.8) is 0 Å². The van der Waals surface area contributed by atoms with Crippen molar-refractivity contribution in [3.05, 3.63) is 100 Å². The fraction of sp³-hybridized carbons (Fsp3) is 0.241. The van der Waals surface area contributed by atoms with Gasteiger partial charge in [0.15, 0.2) is 0 Å². The van der Waals surface area contributed by atoms with Crippen molar-refractivity contribution in [1.82, 2.24) is 0 Å². The number of nitrogens with two attached hydrogens (primary N) is 1. The van der Waals surface area contributed by atoms with Crippen molar-refractivity contribution in [1.29, 1.82) is 5.26 Å². The first-order valence-electron chi connectivity index (χ1n) is 11.8. The van der Waals surface area contributed by atoms with Crippen molar-refractivity contribution < 1.29 is 19.0 Å². The number of carbonyl (C=O) groups is 1. The molecule has 1 heterocycles. The summed E-state index contributed by atoms with van der Waals surface area (Å²) in [6, 6.07) is 22.4. The lowest BCUT2D eigenvalue weighted by atomic mass is 9.83. The topological polar surface area (TPSA) is 94.6 Å². The number of hydrogen-bond acceptors (Lipinski definition) is 6. The molecule has 3 aromatic rings. The Morgan fingerprint density at radius 3 is 2.57 bits per heavy atom. The van der Waals surface area contributed by atoms with Gasteiger partial charge in [-0.05, 0) is 48.2 Å². The molecular formula is C29H28N2O4. The summed E-state index contributed by atoms with van der Waals surface area (Å²) in [4.78, 5) is 12.8. The van der Waals surface area contributed by atoms with Gasteiger partial charge >= 0.3 is 5.97 Å². The van der Waals surface area contributed by atoms with Crippen LogP contribution in [0.5, 0.6) is 17.2 Å². The molecule has 1 aliphatic rings. The summed E-state index contributed by atoms with van der Waals surface area (Å²) in [5, 5.41) is 9.76. The van der Waals surface area contributed by atoms with E-state index in [9.17, 15) is 10.1 Å². The molecule has 2 N–H and O–H groups in total. The standard InChI is InChI=1S/C29H28N2O4/c1-3-5-15-33-22-8-6-7-21(16-22)29(32)34-23-13-14-24-26(17-23)35-28(31)25(18-30)27(24)20-11-9-19(4-2)10-12-20/h6-14,16-17,27H,3-5,15,31H2,1-2H3. The highest BCUT2D eigenvalue weighted by Crippen LogP contribution is 2.43. The predicted octanol–water partition coefficient (Wildman–Crippen LogP) is 5.87.